The van der Waals surface area contributed by atoms with E-state index in [1.54, 1.807) is 30.3 Å². The van der Waals surface area contributed by atoms with Crippen molar-refractivity contribution in [1.82, 2.24) is 10.2 Å². The molecule has 2 aliphatic heterocycles. The van der Waals surface area contributed by atoms with Gasteiger partial charge >= 0.3 is 5.91 Å². The third kappa shape index (κ3) is 4.94. The summed E-state index contributed by atoms with van der Waals surface area (Å²) in [6.07, 6.45) is 0.687. The van der Waals surface area contributed by atoms with Crippen molar-refractivity contribution in [3.8, 4) is 11.5 Å². The Balaban J connectivity index is 1.38. The number of benzene rings is 3. The Morgan fingerprint density at radius 3 is 2.60 bits per heavy atom. The number of carbonyl (C=O) groups is 2. The number of nitrogens with zero attached hydrogens (tertiary/aromatic N) is 3. The largest absolute Gasteiger partial charge is 0.508 e. The van der Waals surface area contributed by atoms with Gasteiger partial charge < -0.3 is 14.9 Å². The molecule has 6 rings (SSSR count). The van der Waals surface area contributed by atoms with Crippen LogP contribution in [0, 0.1) is 0 Å². The van der Waals surface area contributed by atoms with Gasteiger partial charge in [0.15, 0.2) is 4.34 Å². The number of hydrogen-bond donors (Lipinski definition) is 2. The molecule has 2 N–H and O–H groups in total. The Labute approximate surface area is 242 Å². The van der Waals surface area contributed by atoms with Gasteiger partial charge in [0.05, 0.1) is 11.6 Å². The predicted octanol–water partition coefficient (Wildman–Crippen LogP) is 6.14. The van der Waals surface area contributed by atoms with Gasteiger partial charge in [-0.2, -0.15) is 0 Å². The molecule has 3 aromatic carbocycles. The SMILES string of the molecule is CC1Cc2cc(/C(O)=C3\C(=O)C(=O)N(c4nnc(SCc5ccc(Cl)cc5)s4)C3c3ccc(O)cc3)ccc2O1. The minimum atomic E-state index is -0.967. The number of halogens is 1. The van der Waals surface area contributed by atoms with E-state index >= 15 is 0 Å². The third-order valence-electron chi connectivity index (χ3n) is 6.70. The van der Waals surface area contributed by atoms with Crippen LogP contribution in [0.1, 0.15) is 35.2 Å². The Morgan fingerprint density at radius 2 is 1.85 bits per heavy atom. The number of thioether (sulfide) groups is 1. The van der Waals surface area contributed by atoms with Crippen molar-refractivity contribution >= 4 is 57.3 Å². The first-order chi connectivity index (χ1) is 19.3. The third-order valence-corrected chi connectivity index (χ3v) is 9.08. The lowest BCUT2D eigenvalue weighted by Crippen LogP contribution is -2.29. The monoisotopic (exact) mass is 591 g/mol. The summed E-state index contributed by atoms with van der Waals surface area (Å²) in [5.74, 6) is -0.549. The van der Waals surface area contributed by atoms with Crippen LogP contribution in [-0.2, 0) is 21.8 Å². The molecule has 2 unspecified atom stereocenters. The van der Waals surface area contributed by atoms with Crippen LogP contribution in [-0.4, -0.2) is 38.2 Å². The average Bonchev–Trinajstić information content (AvgIpc) is 3.63. The lowest BCUT2D eigenvalue weighted by molar-refractivity contribution is -0.132. The second-order valence-corrected chi connectivity index (χ2v) is 12.1. The average molecular weight is 592 g/mol. The first-order valence-electron chi connectivity index (χ1n) is 12.4. The van der Waals surface area contributed by atoms with E-state index in [4.69, 9.17) is 16.3 Å². The van der Waals surface area contributed by atoms with Crippen LogP contribution < -0.4 is 9.64 Å². The maximum atomic E-state index is 13.4. The summed E-state index contributed by atoms with van der Waals surface area (Å²) < 4.78 is 6.38. The molecule has 4 aromatic rings. The van der Waals surface area contributed by atoms with Gasteiger partial charge in [-0.15, -0.1) is 10.2 Å². The molecule has 0 radical (unpaired) electrons. The molecule has 0 spiro atoms. The van der Waals surface area contributed by atoms with Gasteiger partial charge in [-0.25, -0.2) is 0 Å². The zero-order valence-electron chi connectivity index (χ0n) is 21.1. The Bertz CT molecular complexity index is 1650. The molecule has 8 nitrogen and oxygen atoms in total. The van der Waals surface area contributed by atoms with Crippen LogP contribution in [0.15, 0.2) is 76.6 Å². The number of rotatable bonds is 6. The number of aliphatic hydroxyl groups is 1. The highest BCUT2D eigenvalue weighted by Gasteiger charge is 2.48. The molecule has 1 fully saturated rings. The molecular weight excluding hydrogens is 570 g/mol. The van der Waals surface area contributed by atoms with Gasteiger partial charge in [0.25, 0.3) is 5.78 Å². The number of Topliss-reactive ketones (excluding diaryl/α,β-unsaturated/α-hetero) is 1. The zero-order chi connectivity index (χ0) is 28.0. The van der Waals surface area contributed by atoms with Crippen LogP contribution in [0.2, 0.25) is 5.02 Å². The molecular formula is C29H22ClN3O5S2. The number of aromatic hydroxyl groups is 1. The fourth-order valence-corrected chi connectivity index (χ4v) is 6.76. The number of amides is 1. The first-order valence-corrected chi connectivity index (χ1v) is 14.6. The van der Waals surface area contributed by atoms with Crippen molar-refractivity contribution in [3.05, 3.63) is 99.6 Å². The lowest BCUT2D eigenvalue weighted by atomic mass is 9.94. The van der Waals surface area contributed by atoms with E-state index in [1.807, 2.05) is 31.2 Å². The van der Waals surface area contributed by atoms with Crippen molar-refractivity contribution in [2.24, 2.45) is 0 Å². The summed E-state index contributed by atoms with van der Waals surface area (Å²) >= 11 is 8.61. The second kappa shape index (κ2) is 10.6. The summed E-state index contributed by atoms with van der Waals surface area (Å²) in [6, 6.07) is 17.9. The maximum Gasteiger partial charge on any atom is 0.301 e. The zero-order valence-corrected chi connectivity index (χ0v) is 23.5. The molecule has 1 amide bonds. The van der Waals surface area contributed by atoms with Crippen molar-refractivity contribution < 1.29 is 24.5 Å². The van der Waals surface area contributed by atoms with Crippen LogP contribution >= 0.6 is 34.7 Å². The van der Waals surface area contributed by atoms with Gasteiger partial charge in [0.2, 0.25) is 5.13 Å². The summed E-state index contributed by atoms with van der Waals surface area (Å²) in [7, 11) is 0. The normalized spacial score (nSPS) is 19.6. The van der Waals surface area contributed by atoms with Crippen LogP contribution in [0.25, 0.3) is 5.76 Å². The number of ether oxygens (including phenoxy) is 1. The standard InChI is InChI=1S/C29H22ClN3O5S2/c1-15-12-19-13-18(6-11-22(19)38-15)25(35)23-24(17-4-9-21(34)10-5-17)33(27(37)26(23)36)28-31-32-29(40-28)39-14-16-2-7-20(30)8-3-16/h2-11,13,15,24,34-35H,12,14H2,1H3/b25-23+. The Morgan fingerprint density at radius 1 is 1.10 bits per heavy atom. The number of aliphatic hydroxyl groups excluding tert-OH is 1. The predicted molar refractivity (Wildman–Crippen MR) is 154 cm³/mol. The second-order valence-electron chi connectivity index (χ2n) is 9.48. The molecule has 40 heavy (non-hydrogen) atoms. The van der Waals surface area contributed by atoms with E-state index in [2.05, 4.69) is 10.2 Å². The number of aromatic nitrogens is 2. The molecule has 11 heteroatoms. The number of hydrogen-bond acceptors (Lipinski definition) is 9. The smallest absolute Gasteiger partial charge is 0.301 e. The van der Waals surface area contributed by atoms with Crippen LogP contribution in [0.5, 0.6) is 11.5 Å². The minimum Gasteiger partial charge on any atom is -0.508 e. The van der Waals surface area contributed by atoms with Crippen molar-refractivity contribution in [3.63, 3.8) is 0 Å². The number of ketones is 1. The number of fused-ring (bicyclic) bond motifs is 1. The molecule has 0 saturated carbocycles. The molecule has 2 atom stereocenters. The van der Waals surface area contributed by atoms with Gasteiger partial charge in [-0.1, -0.05) is 59.0 Å². The molecule has 0 aliphatic carbocycles. The van der Waals surface area contributed by atoms with E-state index in [0.717, 1.165) is 16.9 Å². The number of phenolic OH excluding ortho intramolecular Hbond substituents is 1. The van der Waals surface area contributed by atoms with Crippen molar-refractivity contribution in [1.29, 1.82) is 0 Å². The topological polar surface area (TPSA) is 113 Å². The van der Waals surface area contributed by atoms with Gasteiger partial charge in [-0.3, -0.25) is 14.5 Å². The molecule has 3 heterocycles. The Hall–Kier alpha value is -3.86. The Kier molecular flexibility index (Phi) is 6.99. The minimum absolute atomic E-state index is 0.0131. The number of carbonyl (C=O) groups excluding carboxylic acids is 2. The van der Waals surface area contributed by atoms with Crippen molar-refractivity contribution in [2.45, 2.75) is 35.6 Å². The highest BCUT2D eigenvalue weighted by Crippen LogP contribution is 2.45. The first kappa shape index (κ1) is 26.4. The maximum absolute atomic E-state index is 13.4. The quantitative estimate of drug-likeness (QED) is 0.0904. The highest BCUT2D eigenvalue weighted by atomic mass is 35.5. The molecule has 1 aromatic heterocycles. The highest BCUT2D eigenvalue weighted by molar-refractivity contribution is 8.00. The van der Waals surface area contributed by atoms with Crippen LogP contribution in [0.4, 0.5) is 5.13 Å². The van der Waals surface area contributed by atoms with Crippen LogP contribution in [0.3, 0.4) is 0 Å². The summed E-state index contributed by atoms with van der Waals surface area (Å²) in [6.45, 7) is 1.96. The summed E-state index contributed by atoms with van der Waals surface area (Å²) in [4.78, 5) is 28.1. The number of phenols is 1. The van der Waals surface area contributed by atoms with E-state index in [9.17, 15) is 19.8 Å². The van der Waals surface area contributed by atoms with E-state index in [1.165, 1.54) is 40.1 Å². The lowest BCUT2D eigenvalue weighted by Gasteiger charge is -2.22. The molecule has 202 valence electrons. The van der Waals surface area contributed by atoms with E-state index in [-0.39, 0.29) is 28.3 Å². The van der Waals surface area contributed by atoms with Gasteiger partial charge in [-0.05, 0) is 66.1 Å². The number of anilines is 1. The van der Waals surface area contributed by atoms with E-state index in [0.29, 0.717) is 32.7 Å². The van der Waals surface area contributed by atoms with Crippen molar-refractivity contribution in [2.75, 3.05) is 4.90 Å². The summed E-state index contributed by atoms with van der Waals surface area (Å²) in [5, 5.41) is 30.7. The molecule has 2 aliphatic rings. The fraction of sp³-hybridized carbons (Fsp3) is 0.172. The molecule has 1 saturated heterocycles. The summed E-state index contributed by atoms with van der Waals surface area (Å²) in [5.41, 5.74) is 2.84. The fourth-order valence-electron chi connectivity index (χ4n) is 4.81. The van der Waals surface area contributed by atoms with Gasteiger partial charge in [0, 0.05) is 22.8 Å². The van der Waals surface area contributed by atoms with E-state index < -0.39 is 17.7 Å². The van der Waals surface area contributed by atoms with Gasteiger partial charge in [0.1, 0.15) is 23.4 Å². The molecule has 0 bridgehead atoms.